The van der Waals surface area contributed by atoms with Gasteiger partial charge in [0.1, 0.15) is 0 Å². The number of carbonyl (C=O) groups is 2. The molecule has 1 atom stereocenters. The van der Waals surface area contributed by atoms with Gasteiger partial charge in [0.05, 0.1) is 15.5 Å². The summed E-state index contributed by atoms with van der Waals surface area (Å²) in [6.07, 6.45) is 1.61. The minimum atomic E-state index is -3.70. The van der Waals surface area contributed by atoms with Crippen LogP contribution < -0.4 is 5.32 Å². The Morgan fingerprint density at radius 1 is 1.27 bits per heavy atom. The molecule has 1 fully saturated rings. The third-order valence-corrected chi connectivity index (χ3v) is 6.34. The molecule has 1 heterocycles. The maximum atomic E-state index is 12.8. The Bertz CT molecular complexity index is 775. The highest BCUT2D eigenvalue weighted by atomic mass is 35.5. The fourth-order valence-corrected chi connectivity index (χ4v) is 4.41. The number of nitrogens with one attached hydrogen (secondary N) is 1. The Labute approximate surface area is 158 Å². The predicted octanol–water partition coefficient (Wildman–Crippen LogP) is 2.20. The number of rotatable bonds is 6. The van der Waals surface area contributed by atoms with Crippen molar-refractivity contribution >= 4 is 33.5 Å². The summed E-state index contributed by atoms with van der Waals surface area (Å²) in [7, 11) is -3.70. The molecule has 2 rings (SSSR count). The lowest BCUT2D eigenvalue weighted by Gasteiger charge is -2.26. The van der Waals surface area contributed by atoms with Crippen LogP contribution in [0.5, 0.6) is 0 Å². The zero-order valence-corrected chi connectivity index (χ0v) is 16.4. The molecule has 1 aromatic carbocycles. The molecule has 144 valence electrons. The first-order valence-corrected chi connectivity index (χ1v) is 10.4. The van der Waals surface area contributed by atoms with E-state index in [4.69, 9.17) is 16.3 Å². The Kier molecular flexibility index (Phi) is 7.02. The summed E-state index contributed by atoms with van der Waals surface area (Å²) >= 11 is 6.04. The van der Waals surface area contributed by atoms with Gasteiger partial charge in [-0.2, -0.15) is 4.31 Å². The normalized spacial score (nSPS) is 16.7. The molecule has 0 aromatic heterocycles. The number of hydrogen-bond acceptors (Lipinski definition) is 5. The molecule has 0 spiro atoms. The van der Waals surface area contributed by atoms with Gasteiger partial charge in [-0.3, -0.25) is 4.79 Å². The molecule has 9 heteroatoms. The molecule has 1 aliphatic rings. The average Bonchev–Trinajstić information content (AvgIpc) is 2.62. The number of likely N-dealkylation sites (N-methyl/N-ethyl adjacent to an activating group) is 1. The lowest BCUT2D eigenvalue weighted by molar-refractivity contribution is -0.128. The van der Waals surface area contributed by atoms with Crippen molar-refractivity contribution in [2.45, 2.75) is 44.1 Å². The van der Waals surface area contributed by atoms with E-state index >= 15 is 0 Å². The summed E-state index contributed by atoms with van der Waals surface area (Å²) in [6.45, 7) is 4.51. The van der Waals surface area contributed by atoms with Crippen LogP contribution in [0, 0.1) is 0 Å². The van der Waals surface area contributed by atoms with Gasteiger partial charge in [-0.15, -0.1) is 0 Å². The van der Waals surface area contributed by atoms with Gasteiger partial charge >= 0.3 is 5.97 Å². The molecule has 1 N–H and O–H groups in total. The van der Waals surface area contributed by atoms with Crippen LogP contribution in [-0.2, 0) is 19.6 Å². The number of piperidine rings is 1. The maximum absolute atomic E-state index is 12.8. The van der Waals surface area contributed by atoms with Gasteiger partial charge in [0.2, 0.25) is 10.0 Å². The number of benzene rings is 1. The van der Waals surface area contributed by atoms with E-state index < -0.39 is 28.0 Å². The monoisotopic (exact) mass is 402 g/mol. The van der Waals surface area contributed by atoms with E-state index in [1.54, 1.807) is 6.92 Å². The van der Waals surface area contributed by atoms with Crippen molar-refractivity contribution in [3.8, 4) is 0 Å². The van der Waals surface area contributed by atoms with Crippen LogP contribution in [0.15, 0.2) is 23.1 Å². The zero-order chi connectivity index (χ0) is 19.3. The Balaban J connectivity index is 2.23. The molecule has 26 heavy (non-hydrogen) atoms. The standard InChI is InChI=1S/C17H23ClN2O5S/c1-3-19-16(21)12(2)25-17(22)14-11-13(7-8-15(14)18)26(23,24)20-9-5-4-6-10-20/h7-8,11-12H,3-6,9-10H2,1-2H3,(H,19,21)/t12-/m0/s1. The largest absolute Gasteiger partial charge is 0.449 e. The van der Waals surface area contributed by atoms with Crippen LogP contribution in [0.3, 0.4) is 0 Å². The van der Waals surface area contributed by atoms with E-state index in [-0.39, 0.29) is 15.5 Å². The highest BCUT2D eigenvalue weighted by Crippen LogP contribution is 2.25. The predicted molar refractivity (Wildman–Crippen MR) is 97.6 cm³/mol. The first-order valence-electron chi connectivity index (χ1n) is 8.55. The first-order chi connectivity index (χ1) is 12.3. The van der Waals surface area contributed by atoms with Crippen LogP contribution in [-0.4, -0.2) is 50.3 Å². The molecule has 0 saturated carbocycles. The Morgan fingerprint density at radius 3 is 2.54 bits per heavy atom. The SMILES string of the molecule is CCNC(=O)[C@H](C)OC(=O)c1cc(S(=O)(=O)N2CCCCC2)ccc1Cl. The molecule has 0 radical (unpaired) electrons. The van der Waals surface area contributed by atoms with Crippen molar-refractivity contribution in [2.24, 2.45) is 0 Å². The average molecular weight is 403 g/mol. The summed E-state index contributed by atoms with van der Waals surface area (Å²) in [5.74, 6) is -1.28. The molecule has 7 nitrogen and oxygen atoms in total. The zero-order valence-electron chi connectivity index (χ0n) is 14.8. The van der Waals surface area contributed by atoms with Crippen molar-refractivity contribution in [3.63, 3.8) is 0 Å². The number of esters is 1. The summed E-state index contributed by atoms with van der Waals surface area (Å²) in [5.41, 5.74) is -0.0825. The van der Waals surface area contributed by atoms with Crippen LogP contribution in [0.25, 0.3) is 0 Å². The van der Waals surface area contributed by atoms with Gasteiger partial charge in [0, 0.05) is 19.6 Å². The topological polar surface area (TPSA) is 92.8 Å². The van der Waals surface area contributed by atoms with Crippen molar-refractivity contribution in [1.82, 2.24) is 9.62 Å². The molecule has 1 aromatic rings. The third kappa shape index (κ3) is 4.75. The highest BCUT2D eigenvalue weighted by Gasteiger charge is 2.28. The summed E-state index contributed by atoms with van der Waals surface area (Å²) < 4.78 is 32.0. The summed E-state index contributed by atoms with van der Waals surface area (Å²) in [6, 6.07) is 3.93. The van der Waals surface area contributed by atoms with Gasteiger partial charge < -0.3 is 10.1 Å². The quantitative estimate of drug-likeness (QED) is 0.736. The van der Waals surface area contributed by atoms with Crippen molar-refractivity contribution in [2.75, 3.05) is 19.6 Å². The summed E-state index contributed by atoms with van der Waals surface area (Å²) in [5, 5.41) is 2.61. The Hall–Kier alpha value is -1.64. The van der Waals surface area contributed by atoms with Gasteiger partial charge in [0.15, 0.2) is 6.10 Å². The molecule has 1 aliphatic heterocycles. The number of nitrogens with zero attached hydrogens (tertiary/aromatic N) is 1. The maximum Gasteiger partial charge on any atom is 0.340 e. The third-order valence-electron chi connectivity index (χ3n) is 4.11. The van der Waals surface area contributed by atoms with E-state index in [0.29, 0.717) is 19.6 Å². The molecular formula is C17H23ClN2O5S. The molecule has 1 saturated heterocycles. The second kappa shape index (κ2) is 8.83. The second-order valence-corrected chi connectivity index (χ2v) is 8.39. The molecule has 0 aliphatic carbocycles. The fraction of sp³-hybridized carbons (Fsp3) is 0.529. The van der Waals surface area contributed by atoms with Gasteiger partial charge in [0.25, 0.3) is 5.91 Å². The van der Waals surface area contributed by atoms with Crippen LogP contribution in [0.1, 0.15) is 43.5 Å². The van der Waals surface area contributed by atoms with E-state index in [2.05, 4.69) is 5.32 Å². The summed E-state index contributed by atoms with van der Waals surface area (Å²) in [4.78, 5) is 24.0. The van der Waals surface area contributed by atoms with E-state index in [1.807, 2.05) is 0 Å². The minimum Gasteiger partial charge on any atom is -0.449 e. The lowest BCUT2D eigenvalue weighted by atomic mass is 10.2. The number of halogens is 1. The van der Waals surface area contributed by atoms with Crippen LogP contribution in [0.2, 0.25) is 5.02 Å². The highest BCUT2D eigenvalue weighted by molar-refractivity contribution is 7.89. The van der Waals surface area contributed by atoms with Crippen molar-refractivity contribution in [3.05, 3.63) is 28.8 Å². The van der Waals surface area contributed by atoms with Crippen LogP contribution in [0.4, 0.5) is 0 Å². The van der Waals surface area contributed by atoms with Gasteiger partial charge in [-0.1, -0.05) is 18.0 Å². The second-order valence-electron chi connectivity index (χ2n) is 6.05. The van der Waals surface area contributed by atoms with Gasteiger partial charge in [-0.05, 0) is 44.9 Å². The minimum absolute atomic E-state index is 0.0126. The van der Waals surface area contributed by atoms with E-state index in [0.717, 1.165) is 19.3 Å². The smallest absolute Gasteiger partial charge is 0.340 e. The molecule has 0 bridgehead atoms. The molecular weight excluding hydrogens is 380 g/mol. The number of sulfonamides is 1. The van der Waals surface area contributed by atoms with E-state index in [9.17, 15) is 18.0 Å². The number of carbonyl (C=O) groups excluding carboxylic acids is 2. The van der Waals surface area contributed by atoms with Crippen LogP contribution >= 0.6 is 11.6 Å². The number of hydrogen-bond donors (Lipinski definition) is 1. The van der Waals surface area contributed by atoms with Crippen molar-refractivity contribution in [1.29, 1.82) is 0 Å². The first kappa shape index (κ1) is 20.7. The number of ether oxygens (including phenoxy) is 1. The van der Waals surface area contributed by atoms with Gasteiger partial charge in [-0.25, -0.2) is 13.2 Å². The Morgan fingerprint density at radius 2 is 1.92 bits per heavy atom. The molecule has 0 unspecified atom stereocenters. The van der Waals surface area contributed by atoms with E-state index in [1.165, 1.54) is 29.4 Å². The van der Waals surface area contributed by atoms with Crippen molar-refractivity contribution < 1.29 is 22.7 Å². The molecule has 1 amide bonds. The number of amides is 1. The lowest BCUT2D eigenvalue weighted by Crippen LogP contribution is -2.36. The fourth-order valence-electron chi connectivity index (χ4n) is 2.67.